The second kappa shape index (κ2) is 7.21. The van der Waals surface area contributed by atoms with Crippen molar-refractivity contribution in [3.63, 3.8) is 0 Å². The standard InChI is InChI=1S/C19H23N3O5S/c1-3-21-17-9-8-14(12-18(17)26-19(21)23)28(24,25)22-10-6-4-5-7-16(22)15-11-13(2)27-20-15/h8-9,11-12,16H,3-7,10H2,1-2H3/t16-/m0/s1. The van der Waals surface area contributed by atoms with Crippen molar-refractivity contribution in [1.82, 2.24) is 14.0 Å². The van der Waals surface area contributed by atoms with Gasteiger partial charge in [0, 0.05) is 25.2 Å². The van der Waals surface area contributed by atoms with E-state index in [0.717, 1.165) is 19.3 Å². The van der Waals surface area contributed by atoms with Gasteiger partial charge in [-0.1, -0.05) is 18.0 Å². The zero-order chi connectivity index (χ0) is 19.9. The Morgan fingerprint density at radius 2 is 2.04 bits per heavy atom. The average Bonchev–Trinajstić information content (AvgIpc) is 3.12. The maximum absolute atomic E-state index is 13.5. The largest absolute Gasteiger partial charge is 0.419 e. The number of hydrogen-bond donors (Lipinski definition) is 0. The molecule has 150 valence electrons. The molecule has 28 heavy (non-hydrogen) atoms. The first-order valence-electron chi connectivity index (χ1n) is 9.50. The van der Waals surface area contributed by atoms with Gasteiger partial charge in [-0.25, -0.2) is 13.2 Å². The number of benzene rings is 1. The average molecular weight is 405 g/mol. The topological polar surface area (TPSA) is 98.5 Å². The number of rotatable bonds is 4. The lowest BCUT2D eigenvalue weighted by atomic mass is 10.1. The van der Waals surface area contributed by atoms with Crippen molar-refractivity contribution in [2.24, 2.45) is 0 Å². The molecule has 0 amide bonds. The Labute approximate surface area is 162 Å². The first kappa shape index (κ1) is 18.9. The molecule has 3 heterocycles. The van der Waals surface area contributed by atoms with Gasteiger partial charge in [0.15, 0.2) is 5.58 Å². The quantitative estimate of drug-likeness (QED) is 0.661. The molecule has 1 atom stereocenters. The zero-order valence-electron chi connectivity index (χ0n) is 15.9. The van der Waals surface area contributed by atoms with Crippen molar-refractivity contribution in [2.75, 3.05) is 6.54 Å². The second-order valence-corrected chi connectivity index (χ2v) is 8.98. The highest BCUT2D eigenvalue weighted by molar-refractivity contribution is 7.89. The lowest BCUT2D eigenvalue weighted by Gasteiger charge is -2.27. The summed E-state index contributed by atoms with van der Waals surface area (Å²) in [5.41, 5.74) is 1.50. The highest BCUT2D eigenvalue weighted by Crippen LogP contribution is 2.35. The van der Waals surface area contributed by atoms with E-state index in [2.05, 4.69) is 5.16 Å². The normalized spacial score (nSPS) is 19.1. The predicted molar refractivity (Wildman–Crippen MR) is 102 cm³/mol. The highest BCUT2D eigenvalue weighted by atomic mass is 32.2. The van der Waals surface area contributed by atoms with Crippen LogP contribution in [-0.2, 0) is 16.6 Å². The van der Waals surface area contributed by atoms with E-state index in [-0.39, 0.29) is 16.5 Å². The van der Waals surface area contributed by atoms with E-state index in [9.17, 15) is 13.2 Å². The lowest BCUT2D eigenvalue weighted by Crippen LogP contribution is -2.35. The number of aromatic nitrogens is 2. The van der Waals surface area contributed by atoms with E-state index in [1.807, 2.05) is 6.92 Å². The summed E-state index contributed by atoms with van der Waals surface area (Å²) in [6.07, 6.45) is 3.37. The predicted octanol–water partition coefficient (Wildman–Crippen LogP) is 3.22. The minimum Gasteiger partial charge on any atom is -0.408 e. The molecule has 4 rings (SSSR count). The molecule has 9 heteroatoms. The third kappa shape index (κ3) is 3.18. The van der Waals surface area contributed by atoms with Crippen molar-refractivity contribution >= 4 is 21.1 Å². The van der Waals surface area contributed by atoms with Gasteiger partial charge in [-0.05, 0) is 38.8 Å². The number of oxazole rings is 1. The van der Waals surface area contributed by atoms with Crippen molar-refractivity contribution in [2.45, 2.75) is 57.0 Å². The minimum atomic E-state index is -3.79. The van der Waals surface area contributed by atoms with Gasteiger partial charge in [-0.2, -0.15) is 4.31 Å². The van der Waals surface area contributed by atoms with Gasteiger partial charge in [-0.15, -0.1) is 0 Å². The lowest BCUT2D eigenvalue weighted by molar-refractivity contribution is 0.304. The van der Waals surface area contributed by atoms with Crippen LogP contribution in [0.25, 0.3) is 11.1 Å². The third-order valence-electron chi connectivity index (χ3n) is 5.25. The monoisotopic (exact) mass is 405 g/mol. The van der Waals surface area contributed by atoms with E-state index in [1.54, 1.807) is 19.1 Å². The van der Waals surface area contributed by atoms with Crippen LogP contribution in [0.3, 0.4) is 0 Å². The van der Waals surface area contributed by atoms with Gasteiger partial charge >= 0.3 is 5.76 Å². The molecule has 0 bridgehead atoms. The number of sulfonamides is 1. The number of aryl methyl sites for hydroxylation is 2. The molecule has 1 saturated heterocycles. The summed E-state index contributed by atoms with van der Waals surface area (Å²) in [6.45, 7) is 4.50. The molecule has 8 nitrogen and oxygen atoms in total. The van der Waals surface area contributed by atoms with Gasteiger partial charge in [0.2, 0.25) is 10.0 Å². The molecule has 0 N–H and O–H groups in total. The van der Waals surface area contributed by atoms with Crippen LogP contribution in [0.1, 0.15) is 50.1 Å². The Balaban J connectivity index is 1.78. The second-order valence-electron chi connectivity index (χ2n) is 7.09. The van der Waals surface area contributed by atoms with Crippen LogP contribution in [0.4, 0.5) is 0 Å². The molecule has 0 saturated carbocycles. The first-order chi connectivity index (χ1) is 13.4. The Morgan fingerprint density at radius 1 is 1.21 bits per heavy atom. The van der Waals surface area contributed by atoms with E-state index >= 15 is 0 Å². The molecule has 0 unspecified atom stereocenters. The van der Waals surface area contributed by atoms with Crippen LogP contribution >= 0.6 is 0 Å². The fourth-order valence-electron chi connectivity index (χ4n) is 3.85. The van der Waals surface area contributed by atoms with Gasteiger partial charge in [0.25, 0.3) is 0 Å². The maximum atomic E-state index is 13.5. The maximum Gasteiger partial charge on any atom is 0.419 e. The summed E-state index contributed by atoms with van der Waals surface area (Å²) in [7, 11) is -3.79. The van der Waals surface area contributed by atoms with E-state index in [0.29, 0.717) is 36.5 Å². The van der Waals surface area contributed by atoms with E-state index < -0.39 is 15.8 Å². The van der Waals surface area contributed by atoms with Crippen LogP contribution in [0.5, 0.6) is 0 Å². The first-order valence-corrected chi connectivity index (χ1v) is 10.9. The number of fused-ring (bicyclic) bond motifs is 1. The van der Waals surface area contributed by atoms with Crippen LogP contribution < -0.4 is 5.76 Å². The van der Waals surface area contributed by atoms with Crippen molar-refractivity contribution < 1.29 is 17.4 Å². The Kier molecular flexibility index (Phi) is 4.88. The van der Waals surface area contributed by atoms with E-state index in [4.69, 9.17) is 8.94 Å². The molecule has 2 aromatic heterocycles. The van der Waals surface area contributed by atoms with Crippen LogP contribution in [-0.4, -0.2) is 29.0 Å². The summed E-state index contributed by atoms with van der Waals surface area (Å²) < 4.78 is 40.4. The van der Waals surface area contributed by atoms with Gasteiger partial charge in [-0.3, -0.25) is 4.57 Å². The third-order valence-corrected chi connectivity index (χ3v) is 7.16. The Bertz CT molecular complexity index is 1160. The molecule has 1 aliphatic rings. The zero-order valence-corrected chi connectivity index (χ0v) is 16.7. The number of nitrogens with zero attached hydrogens (tertiary/aromatic N) is 3. The Hall–Kier alpha value is -2.39. The van der Waals surface area contributed by atoms with Gasteiger partial charge < -0.3 is 8.94 Å². The molecular formula is C19H23N3O5S. The van der Waals surface area contributed by atoms with Crippen molar-refractivity contribution in [3.8, 4) is 0 Å². The van der Waals surface area contributed by atoms with Crippen molar-refractivity contribution in [1.29, 1.82) is 0 Å². The van der Waals surface area contributed by atoms with Crippen LogP contribution in [0.15, 0.2) is 42.9 Å². The number of hydrogen-bond acceptors (Lipinski definition) is 6. The summed E-state index contributed by atoms with van der Waals surface area (Å²) in [6, 6.07) is 6.03. The summed E-state index contributed by atoms with van der Waals surface area (Å²) in [5, 5.41) is 4.07. The molecule has 0 spiro atoms. The molecule has 1 aliphatic heterocycles. The molecule has 3 aromatic rings. The van der Waals surface area contributed by atoms with E-state index in [1.165, 1.54) is 21.0 Å². The van der Waals surface area contributed by atoms with Gasteiger partial charge in [0.05, 0.1) is 16.5 Å². The summed E-state index contributed by atoms with van der Waals surface area (Å²) >= 11 is 0. The molecule has 1 fully saturated rings. The van der Waals surface area contributed by atoms with Crippen LogP contribution in [0.2, 0.25) is 0 Å². The minimum absolute atomic E-state index is 0.115. The fourth-order valence-corrected chi connectivity index (χ4v) is 5.53. The SMILES string of the molecule is CCn1c(=O)oc2cc(S(=O)(=O)N3CCCCC[C@H]3c3cc(C)on3)ccc21. The van der Waals surface area contributed by atoms with Crippen LogP contribution in [0, 0.1) is 6.92 Å². The molecule has 0 radical (unpaired) electrons. The molecular weight excluding hydrogens is 382 g/mol. The molecule has 0 aliphatic carbocycles. The summed E-state index contributed by atoms with van der Waals surface area (Å²) in [5.74, 6) is 0.165. The Morgan fingerprint density at radius 3 is 2.75 bits per heavy atom. The van der Waals surface area contributed by atoms with Crippen molar-refractivity contribution in [3.05, 3.63) is 46.3 Å². The smallest absolute Gasteiger partial charge is 0.408 e. The highest BCUT2D eigenvalue weighted by Gasteiger charge is 2.35. The van der Waals surface area contributed by atoms with Gasteiger partial charge in [0.1, 0.15) is 11.5 Å². The fraction of sp³-hybridized carbons (Fsp3) is 0.474. The molecule has 1 aromatic carbocycles. The summed E-state index contributed by atoms with van der Waals surface area (Å²) in [4.78, 5) is 12.0.